The second kappa shape index (κ2) is 18.4. The van der Waals surface area contributed by atoms with Crippen molar-refractivity contribution in [1.29, 1.82) is 0 Å². The van der Waals surface area contributed by atoms with E-state index >= 15 is 0 Å². The second-order valence-corrected chi connectivity index (χ2v) is 18.1. The summed E-state index contributed by atoms with van der Waals surface area (Å²) in [6.07, 6.45) is 1.28. The zero-order valence-corrected chi connectivity index (χ0v) is 36.5. The molecular formula is C47H65N5O7. The van der Waals surface area contributed by atoms with Crippen LogP contribution in [0.4, 0.5) is 5.69 Å². The van der Waals surface area contributed by atoms with Crippen LogP contribution < -0.4 is 20.3 Å². The number of benzene rings is 3. The standard InChI is InChI=1S/C47H65N5O7/c1-28-39-23-35(47(39,4)5)24-40(28)49-46(56)43-42(29(2)58-30(3)54)41(27-53)59-52(43)25-32-17-14-18-38(44(32)57-10)33-20-34(22-37(21-33)51(8)9)45(55)48-36(26-50(6)7)19-31-15-12-11-13-16-31/h11-18,20-22,28-29,35-36,39-43,53H,19,23-27H2,1-10H3,(H,48,55)(H,49,56)/t28-,29-,35+,36-,39-,40-,41-,42+,43-/m0/s1. The number of carbonyl (C=O) groups excluding carboxylic acids is 3. The smallest absolute Gasteiger partial charge is 0.302 e. The Morgan fingerprint density at radius 2 is 1.75 bits per heavy atom. The number of hydrogen-bond donors (Lipinski definition) is 3. The molecule has 0 aromatic heterocycles. The number of hydrogen-bond acceptors (Lipinski definition) is 10. The van der Waals surface area contributed by atoms with Gasteiger partial charge in [0.2, 0.25) is 5.91 Å². The number of hydroxylamine groups is 2. The number of carbonyl (C=O) groups is 3. The number of esters is 1. The molecule has 3 aromatic rings. The Morgan fingerprint density at radius 1 is 1.02 bits per heavy atom. The van der Waals surface area contributed by atoms with Gasteiger partial charge in [-0.2, -0.15) is 5.06 Å². The quantitative estimate of drug-likeness (QED) is 0.158. The SMILES string of the molecule is COc1c(CN2O[C@@H](CO)[C@@H]([C@H](C)OC(C)=O)[C@H]2C(=O)N[C@H]2C[C@H]3C[C@@H]([C@@H]2C)C3(C)C)cccc1-c1cc(C(=O)N[C@@H](Cc2ccccc2)CN(C)C)cc(N(C)C)c1. The van der Waals surface area contributed by atoms with E-state index in [1.54, 1.807) is 19.1 Å². The predicted molar refractivity (Wildman–Crippen MR) is 230 cm³/mol. The third-order valence-electron chi connectivity index (χ3n) is 13.3. The van der Waals surface area contributed by atoms with Crippen molar-refractivity contribution in [2.45, 2.75) is 90.8 Å². The first-order chi connectivity index (χ1) is 28.0. The fourth-order valence-electron chi connectivity index (χ4n) is 10.1. The molecule has 3 N–H and O–H groups in total. The summed E-state index contributed by atoms with van der Waals surface area (Å²) >= 11 is 0. The number of fused-ring (bicyclic) bond motifs is 2. The molecule has 1 aliphatic heterocycles. The van der Waals surface area contributed by atoms with Crippen LogP contribution in [0.5, 0.6) is 5.75 Å². The molecule has 1 saturated heterocycles. The van der Waals surface area contributed by atoms with E-state index < -0.39 is 30.1 Å². The highest BCUT2D eigenvalue weighted by molar-refractivity contribution is 5.97. The molecule has 4 fully saturated rings. The Hall–Kier alpha value is -4.49. The Morgan fingerprint density at radius 3 is 2.36 bits per heavy atom. The number of amides is 2. The van der Waals surface area contributed by atoms with Crippen LogP contribution in [-0.2, 0) is 32.1 Å². The molecule has 3 saturated carbocycles. The van der Waals surface area contributed by atoms with E-state index in [0.717, 1.165) is 34.4 Å². The molecule has 12 nitrogen and oxygen atoms in total. The molecule has 9 atom stereocenters. The number of aliphatic hydroxyl groups is 1. The van der Waals surface area contributed by atoms with Crippen molar-refractivity contribution in [1.82, 2.24) is 20.6 Å². The maximum atomic E-state index is 14.6. The van der Waals surface area contributed by atoms with Crippen molar-refractivity contribution >= 4 is 23.5 Å². The molecule has 4 aliphatic rings. The van der Waals surface area contributed by atoms with Gasteiger partial charge >= 0.3 is 5.97 Å². The third-order valence-corrected chi connectivity index (χ3v) is 13.3. The lowest BCUT2D eigenvalue weighted by Gasteiger charge is -2.62. The van der Waals surface area contributed by atoms with Gasteiger partial charge in [0.15, 0.2) is 0 Å². The minimum absolute atomic E-state index is 0.00344. The van der Waals surface area contributed by atoms with Crippen LogP contribution in [-0.4, -0.2) is 112 Å². The summed E-state index contributed by atoms with van der Waals surface area (Å²) in [6, 6.07) is 20.8. The number of para-hydroxylation sites is 1. The molecule has 12 heteroatoms. The van der Waals surface area contributed by atoms with Gasteiger partial charge in [-0.3, -0.25) is 19.2 Å². The third kappa shape index (κ3) is 9.62. The number of aliphatic hydroxyl groups excluding tert-OH is 1. The van der Waals surface area contributed by atoms with Gasteiger partial charge in [-0.15, -0.1) is 0 Å². The highest BCUT2D eigenvalue weighted by Gasteiger charge is 2.57. The zero-order chi connectivity index (χ0) is 42.8. The van der Waals surface area contributed by atoms with E-state index in [1.807, 2.05) is 87.7 Å². The lowest BCUT2D eigenvalue weighted by Crippen LogP contribution is -2.62. The van der Waals surface area contributed by atoms with Crippen molar-refractivity contribution in [3.8, 4) is 16.9 Å². The Balaban J connectivity index is 1.31. The number of likely N-dealkylation sites (N-methyl/N-ethyl adjacent to an activating group) is 1. The summed E-state index contributed by atoms with van der Waals surface area (Å²) in [6.45, 7) is 10.4. The van der Waals surface area contributed by atoms with Crippen LogP contribution in [0.15, 0.2) is 66.7 Å². The molecule has 0 unspecified atom stereocenters. The van der Waals surface area contributed by atoms with Gasteiger partial charge in [0, 0.05) is 62.0 Å². The summed E-state index contributed by atoms with van der Waals surface area (Å²) in [5, 5.41) is 18.9. The lowest BCUT2D eigenvalue weighted by atomic mass is 9.45. The van der Waals surface area contributed by atoms with E-state index in [2.05, 4.69) is 48.4 Å². The molecule has 59 heavy (non-hydrogen) atoms. The maximum Gasteiger partial charge on any atom is 0.302 e. The van der Waals surface area contributed by atoms with Gasteiger partial charge in [-0.25, -0.2) is 0 Å². The molecule has 3 aromatic carbocycles. The van der Waals surface area contributed by atoms with Crippen molar-refractivity contribution in [3.05, 3.63) is 83.4 Å². The largest absolute Gasteiger partial charge is 0.496 e. The average Bonchev–Trinajstić information content (AvgIpc) is 3.56. The summed E-state index contributed by atoms with van der Waals surface area (Å²) in [5.74, 6) is 0.435. The van der Waals surface area contributed by atoms with Crippen molar-refractivity contribution in [3.63, 3.8) is 0 Å². The van der Waals surface area contributed by atoms with E-state index in [0.29, 0.717) is 42.0 Å². The van der Waals surface area contributed by atoms with E-state index in [1.165, 1.54) is 13.3 Å². The van der Waals surface area contributed by atoms with Gasteiger partial charge in [-0.1, -0.05) is 69.3 Å². The molecule has 2 bridgehead atoms. The van der Waals surface area contributed by atoms with Crippen LogP contribution in [0.2, 0.25) is 0 Å². The fourth-order valence-corrected chi connectivity index (χ4v) is 10.1. The van der Waals surface area contributed by atoms with E-state index in [4.69, 9.17) is 14.3 Å². The van der Waals surface area contributed by atoms with Crippen LogP contribution >= 0.6 is 0 Å². The van der Waals surface area contributed by atoms with E-state index in [9.17, 15) is 19.5 Å². The minimum atomic E-state index is -0.869. The summed E-state index contributed by atoms with van der Waals surface area (Å²) < 4.78 is 11.8. The lowest BCUT2D eigenvalue weighted by molar-refractivity contribution is -0.183. The first-order valence-corrected chi connectivity index (χ1v) is 21.0. The highest BCUT2D eigenvalue weighted by atomic mass is 16.7. The molecule has 3 aliphatic carbocycles. The summed E-state index contributed by atoms with van der Waals surface area (Å²) in [7, 11) is 9.49. The number of nitrogens with one attached hydrogen (secondary N) is 2. The number of rotatable bonds is 16. The molecule has 1 heterocycles. The number of anilines is 1. The zero-order valence-electron chi connectivity index (χ0n) is 36.5. The van der Waals surface area contributed by atoms with Crippen molar-refractivity contribution in [2.75, 3.05) is 53.4 Å². The maximum absolute atomic E-state index is 14.6. The number of ether oxygens (including phenoxy) is 2. The highest BCUT2D eigenvalue weighted by Crippen LogP contribution is 2.61. The molecule has 0 spiro atoms. The first kappa shape index (κ1) is 44.1. The fraction of sp³-hybridized carbons (Fsp3) is 0.553. The normalized spacial score (nSPS) is 25.7. The molecule has 2 amide bonds. The Bertz CT molecular complexity index is 1950. The van der Waals surface area contributed by atoms with E-state index in [-0.39, 0.29) is 42.5 Å². The summed E-state index contributed by atoms with van der Waals surface area (Å²) in [5.41, 5.74) is 5.05. The van der Waals surface area contributed by atoms with Gasteiger partial charge < -0.3 is 35.0 Å². The van der Waals surface area contributed by atoms with Crippen LogP contribution in [0.1, 0.15) is 68.9 Å². The summed E-state index contributed by atoms with van der Waals surface area (Å²) in [4.78, 5) is 51.3. The predicted octanol–water partition coefficient (Wildman–Crippen LogP) is 5.56. The van der Waals surface area contributed by atoms with Crippen LogP contribution in [0.25, 0.3) is 11.1 Å². The topological polar surface area (TPSA) is 133 Å². The van der Waals surface area contributed by atoms with Gasteiger partial charge in [0.1, 0.15) is 24.0 Å². The van der Waals surface area contributed by atoms with Crippen LogP contribution in [0.3, 0.4) is 0 Å². The average molecular weight is 812 g/mol. The molecule has 0 radical (unpaired) electrons. The number of nitrogens with zero attached hydrogens (tertiary/aromatic N) is 3. The van der Waals surface area contributed by atoms with Gasteiger partial charge in [0.25, 0.3) is 5.91 Å². The monoisotopic (exact) mass is 811 g/mol. The minimum Gasteiger partial charge on any atom is -0.496 e. The molecule has 7 rings (SSSR count). The Kier molecular flexibility index (Phi) is 13.8. The van der Waals surface area contributed by atoms with Gasteiger partial charge in [-0.05, 0) is 92.8 Å². The Labute approximate surface area is 350 Å². The first-order valence-electron chi connectivity index (χ1n) is 21.0. The van der Waals surface area contributed by atoms with Crippen LogP contribution in [0, 0.1) is 29.1 Å². The van der Waals surface area contributed by atoms with Crippen molar-refractivity contribution < 1.29 is 33.8 Å². The molecular weight excluding hydrogens is 747 g/mol. The van der Waals surface area contributed by atoms with Crippen molar-refractivity contribution in [2.24, 2.45) is 29.1 Å². The number of methoxy groups -OCH3 is 1. The van der Waals surface area contributed by atoms with Gasteiger partial charge in [0.05, 0.1) is 26.2 Å². The molecule has 320 valence electrons. The second-order valence-electron chi connectivity index (χ2n) is 18.1.